The highest BCUT2D eigenvalue weighted by atomic mass is 31.2. The van der Waals surface area contributed by atoms with Gasteiger partial charge in [-0.05, 0) is 43.0 Å². The van der Waals surface area contributed by atoms with Crippen LogP contribution in [0.3, 0.4) is 0 Å². The van der Waals surface area contributed by atoms with Gasteiger partial charge < -0.3 is 4.74 Å². The lowest BCUT2D eigenvalue weighted by atomic mass is 10.1. The number of esters is 1. The maximum absolute atomic E-state index is 12.5. The molecule has 0 fully saturated rings. The van der Waals surface area contributed by atoms with Crippen molar-refractivity contribution in [2.75, 3.05) is 42.3 Å². The molecule has 0 N–H and O–H groups in total. The average molecular weight is 397 g/mol. The topological polar surface area (TPSA) is 76.0 Å². The zero-order valence-electron chi connectivity index (χ0n) is 17.6. The molecule has 0 atom stereocenters. The lowest BCUT2D eigenvalue weighted by molar-refractivity contribution is 0.00716. The third-order valence-corrected chi connectivity index (χ3v) is 7.32. The molecule has 0 saturated heterocycles. The van der Waals surface area contributed by atoms with Gasteiger partial charge in [-0.1, -0.05) is 6.07 Å². The molecule has 2 rings (SSSR count). The number of carbonyl (C=O) groups is 1. The second-order valence-corrected chi connectivity index (χ2v) is 11.4. The Labute approximate surface area is 161 Å². The Morgan fingerprint density at radius 1 is 1.04 bits per heavy atom. The zero-order chi connectivity index (χ0) is 20.6. The summed E-state index contributed by atoms with van der Waals surface area (Å²) in [5.41, 5.74) is 0.822. The largest absolute Gasteiger partial charge is 0.456 e. The molecule has 1 aromatic heterocycles. The van der Waals surface area contributed by atoms with Crippen molar-refractivity contribution in [3.63, 3.8) is 0 Å². The van der Waals surface area contributed by atoms with E-state index in [9.17, 15) is 4.79 Å². The van der Waals surface area contributed by atoms with Crippen LogP contribution in [-0.2, 0) is 4.74 Å². The minimum Gasteiger partial charge on any atom is -0.456 e. The molecule has 150 valence electrons. The molecule has 0 amide bonds. The van der Waals surface area contributed by atoms with Crippen molar-refractivity contribution in [3.05, 3.63) is 23.8 Å². The van der Waals surface area contributed by atoms with Gasteiger partial charge in [0.1, 0.15) is 16.6 Å². The van der Waals surface area contributed by atoms with E-state index in [0.29, 0.717) is 16.6 Å². The van der Waals surface area contributed by atoms with E-state index in [-0.39, 0.29) is 0 Å². The van der Waals surface area contributed by atoms with Crippen LogP contribution in [0, 0.1) is 0 Å². The molecule has 2 aromatic rings. The van der Waals surface area contributed by atoms with Gasteiger partial charge in [0.2, 0.25) is 0 Å². The first-order valence-electron chi connectivity index (χ1n) is 8.60. The molecule has 1 aromatic carbocycles. The summed E-state index contributed by atoms with van der Waals surface area (Å²) in [6.07, 6.45) is 0. The van der Waals surface area contributed by atoms with Crippen molar-refractivity contribution >= 4 is 24.9 Å². The van der Waals surface area contributed by atoms with E-state index < -0.39 is 19.5 Å². The maximum atomic E-state index is 12.5. The minimum absolute atomic E-state index is 0.362. The minimum atomic E-state index is -2.33. The van der Waals surface area contributed by atoms with E-state index in [1.54, 1.807) is 12.1 Å². The third-order valence-electron chi connectivity index (χ3n) is 3.82. The monoisotopic (exact) mass is 397 g/mol. The van der Waals surface area contributed by atoms with Gasteiger partial charge >= 0.3 is 13.9 Å². The fraction of sp³-hybridized carbons (Fsp3) is 0.588. The normalized spacial score (nSPS) is 13.0. The van der Waals surface area contributed by atoms with Crippen LogP contribution >= 0.6 is 7.94 Å². The van der Waals surface area contributed by atoms with Crippen LogP contribution in [0.15, 0.2) is 18.2 Å². The number of nitrogens with zero attached hydrogens (tertiary/aromatic N) is 6. The second kappa shape index (κ2) is 7.67. The predicted molar refractivity (Wildman–Crippen MR) is 107 cm³/mol. The van der Waals surface area contributed by atoms with Crippen molar-refractivity contribution in [1.29, 1.82) is 0 Å². The molecular formula is C17H30N6O3P+. The van der Waals surface area contributed by atoms with Crippen molar-refractivity contribution in [1.82, 2.24) is 29.2 Å². The van der Waals surface area contributed by atoms with Crippen molar-refractivity contribution in [2.45, 2.75) is 26.4 Å². The molecule has 0 bridgehead atoms. The zero-order valence-corrected chi connectivity index (χ0v) is 18.5. The van der Waals surface area contributed by atoms with Crippen LogP contribution in [0.5, 0.6) is 0 Å². The van der Waals surface area contributed by atoms with Crippen LogP contribution in [0.4, 0.5) is 0 Å². The standard InChI is InChI=1S/C17H30N6O3P/c1-17(2,3)25-16(24)13-11-10-12-14-15(13)18-19-23(14)26-27(20(4)5,21(6)7)22(8)9/h10-12H,1-9H3/q+1. The number of hydrogen-bond donors (Lipinski definition) is 0. The molecule has 0 radical (unpaired) electrons. The number of fused-ring (bicyclic) bond motifs is 1. The fourth-order valence-corrected chi connectivity index (χ4v) is 5.79. The summed E-state index contributed by atoms with van der Waals surface area (Å²) in [6.45, 7) is 5.49. The number of hydrogen-bond acceptors (Lipinski definition) is 8. The summed E-state index contributed by atoms with van der Waals surface area (Å²) < 4.78 is 17.9. The molecule has 0 unspecified atom stereocenters. The molecule has 0 aliphatic carbocycles. The van der Waals surface area contributed by atoms with E-state index in [0.717, 1.165) is 0 Å². The van der Waals surface area contributed by atoms with Gasteiger partial charge in [0.25, 0.3) is 0 Å². The van der Waals surface area contributed by atoms with Crippen molar-refractivity contribution in [2.24, 2.45) is 0 Å². The van der Waals surface area contributed by atoms with Crippen molar-refractivity contribution in [3.8, 4) is 0 Å². The molecule has 0 aliphatic heterocycles. The Hall–Kier alpha value is -1.80. The molecule has 0 saturated carbocycles. The van der Waals surface area contributed by atoms with Gasteiger partial charge in [0, 0.05) is 42.3 Å². The van der Waals surface area contributed by atoms with E-state index in [1.165, 1.54) is 4.85 Å². The Morgan fingerprint density at radius 2 is 1.59 bits per heavy atom. The molecule has 9 nitrogen and oxygen atoms in total. The van der Waals surface area contributed by atoms with E-state index >= 15 is 0 Å². The summed E-state index contributed by atoms with van der Waals surface area (Å²) >= 11 is 0. The second-order valence-electron chi connectivity index (χ2n) is 7.77. The molecule has 0 spiro atoms. The Morgan fingerprint density at radius 3 is 2.07 bits per heavy atom. The highest BCUT2D eigenvalue weighted by Gasteiger charge is 2.54. The van der Waals surface area contributed by atoms with Crippen LogP contribution < -0.4 is 4.62 Å². The first-order valence-corrected chi connectivity index (χ1v) is 10.2. The summed E-state index contributed by atoms with van der Waals surface area (Å²) in [5, 5.41) is 8.33. The van der Waals surface area contributed by atoms with Gasteiger partial charge in [-0.15, -0.1) is 19.1 Å². The molecule has 0 aliphatic rings. The Bertz CT molecular complexity index is 791. The first kappa shape index (κ1) is 21.5. The maximum Gasteiger partial charge on any atom is 0.449 e. The van der Waals surface area contributed by atoms with E-state index in [2.05, 4.69) is 10.3 Å². The number of ether oxygens (including phenoxy) is 1. The summed E-state index contributed by atoms with van der Waals surface area (Å²) in [7, 11) is 9.41. The molecule has 10 heteroatoms. The lowest BCUT2D eigenvalue weighted by Gasteiger charge is -2.35. The van der Waals surface area contributed by atoms with Crippen LogP contribution in [-0.4, -0.2) is 83.0 Å². The SMILES string of the molecule is CN(C)[P+](On1nnc2c(C(=O)OC(C)(C)C)cccc21)(N(C)C)N(C)C. The van der Waals surface area contributed by atoms with Gasteiger partial charge in [-0.25, -0.2) is 4.79 Å². The van der Waals surface area contributed by atoms with Gasteiger partial charge in [-0.2, -0.15) is 4.62 Å². The van der Waals surface area contributed by atoms with Gasteiger partial charge in [-0.3, -0.25) is 0 Å². The molecule has 1 heterocycles. The Balaban J connectivity index is 2.50. The van der Waals surface area contributed by atoms with Gasteiger partial charge in [0.15, 0.2) is 0 Å². The highest BCUT2D eigenvalue weighted by Crippen LogP contribution is 2.61. The van der Waals surface area contributed by atoms with Gasteiger partial charge in [0.05, 0.1) is 5.56 Å². The summed E-state index contributed by atoms with van der Waals surface area (Å²) in [4.78, 5) is 13.9. The Kier molecular flexibility index (Phi) is 6.11. The quantitative estimate of drug-likeness (QED) is 0.542. The number of carbonyl (C=O) groups excluding carboxylic acids is 1. The summed E-state index contributed by atoms with van der Waals surface area (Å²) in [5.74, 6) is -0.436. The van der Waals surface area contributed by atoms with Crippen LogP contribution in [0.25, 0.3) is 11.0 Å². The molecular weight excluding hydrogens is 367 g/mol. The average Bonchev–Trinajstić information content (AvgIpc) is 2.92. The first-order chi connectivity index (χ1) is 12.4. The van der Waals surface area contributed by atoms with Crippen LogP contribution in [0.1, 0.15) is 31.1 Å². The lowest BCUT2D eigenvalue weighted by Crippen LogP contribution is -2.42. The smallest absolute Gasteiger partial charge is 0.449 e. The third kappa shape index (κ3) is 4.21. The number of benzene rings is 1. The molecule has 27 heavy (non-hydrogen) atoms. The summed E-state index contributed by atoms with van der Waals surface area (Å²) in [6, 6.07) is 5.27. The van der Waals surface area contributed by atoms with E-state index in [4.69, 9.17) is 9.36 Å². The van der Waals surface area contributed by atoms with Crippen LogP contribution in [0.2, 0.25) is 0 Å². The van der Waals surface area contributed by atoms with Crippen molar-refractivity contribution < 1.29 is 14.2 Å². The van der Waals surface area contributed by atoms with E-state index in [1.807, 2.05) is 83.1 Å². The number of rotatable bonds is 6. The fourth-order valence-electron chi connectivity index (χ4n) is 2.88. The number of aromatic nitrogens is 3. The predicted octanol–water partition coefficient (Wildman–Crippen LogP) is 2.18. The highest BCUT2D eigenvalue weighted by molar-refractivity contribution is 7.64.